The molecule has 1 atom stereocenters. The Morgan fingerprint density at radius 1 is 1.52 bits per heavy atom. The first-order chi connectivity index (χ1) is 9.91. The molecule has 2 rings (SSSR count). The molecule has 1 N–H and O–H groups in total. The molecule has 1 fully saturated rings. The van der Waals surface area contributed by atoms with Crippen LogP contribution in [0.1, 0.15) is 36.1 Å². The number of aliphatic carboxylic acids is 1. The van der Waals surface area contributed by atoms with Gasteiger partial charge in [0, 0.05) is 12.5 Å². The number of carbonyl (C=O) groups is 2. The van der Waals surface area contributed by atoms with Gasteiger partial charge in [0.2, 0.25) is 0 Å². The summed E-state index contributed by atoms with van der Waals surface area (Å²) >= 11 is 5.99. The second kappa shape index (κ2) is 6.36. The summed E-state index contributed by atoms with van der Waals surface area (Å²) in [5, 5.41) is 9.29. The maximum absolute atomic E-state index is 12.5. The van der Waals surface area contributed by atoms with Gasteiger partial charge >= 0.3 is 5.97 Å². The maximum Gasteiger partial charge on any atom is 0.328 e. The fourth-order valence-electron chi connectivity index (χ4n) is 2.00. The lowest BCUT2D eigenvalue weighted by Gasteiger charge is -2.32. The van der Waals surface area contributed by atoms with E-state index in [1.165, 1.54) is 11.1 Å². The molecule has 0 bridgehead atoms. The smallest absolute Gasteiger partial charge is 0.328 e. The lowest BCUT2D eigenvalue weighted by molar-refractivity contribution is -0.147. The van der Waals surface area contributed by atoms with Crippen LogP contribution in [-0.4, -0.2) is 57.7 Å². The Bertz CT molecular complexity index is 564. The van der Waals surface area contributed by atoms with Crippen LogP contribution in [0, 0.1) is 0 Å². The highest BCUT2D eigenvalue weighted by Crippen LogP contribution is 2.20. The number of carboxylic acids is 1. The SMILES string of the molecule is CC(C)c1ncc(Cl)c(C(=O)N2CCOC[C@@H]2C(=O)O)n1. The fraction of sp³-hybridized carbons (Fsp3) is 0.538. The van der Waals surface area contributed by atoms with Gasteiger partial charge in [-0.2, -0.15) is 0 Å². The van der Waals surface area contributed by atoms with E-state index in [-0.39, 0.29) is 36.4 Å². The molecular weight excluding hydrogens is 298 g/mol. The minimum atomic E-state index is -1.11. The molecule has 0 radical (unpaired) electrons. The number of rotatable bonds is 3. The summed E-state index contributed by atoms with van der Waals surface area (Å²) in [7, 11) is 0. The van der Waals surface area contributed by atoms with Gasteiger partial charge in [0.15, 0.2) is 11.7 Å². The van der Waals surface area contributed by atoms with Crippen molar-refractivity contribution >= 4 is 23.5 Å². The van der Waals surface area contributed by atoms with Crippen LogP contribution in [0.15, 0.2) is 6.20 Å². The van der Waals surface area contributed by atoms with Crippen molar-refractivity contribution in [2.75, 3.05) is 19.8 Å². The van der Waals surface area contributed by atoms with Crippen LogP contribution in [0.5, 0.6) is 0 Å². The topological polar surface area (TPSA) is 92.6 Å². The van der Waals surface area contributed by atoms with Gasteiger partial charge in [-0.15, -0.1) is 0 Å². The summed E-state index contributed by atoms with van der Waals surface area (Å²) in [4.78, 5) is 33.2. The number of carboxylic acid groups (broad SMARTS) is 1. The highest BCUT2D eigenvalue weighted by molar-refractivity contribution is 6.33. The number of hydrogen-bond donors (Lipinski definition) is 1. The first-order valence-corrected chi connectivity index (χ1v) is 6.93. The largest absolute Gasteiger partial charge is 0.480 e. The summed E-state index contributed by atoms with van der Waals surface area (Å²) in [5.74, 6) is -1.10. The molecule has 2 heterocycles. The minimum absolute atomic E-state index is 0.0310. The third kappa shape index (κ3) is 3.30. The van der Waals surface area contributed by atoms with Crippen LogP contribution in [-0.2, 0) is 9.53 Å². The van der Waals surface area contributed by atoms with Crippen LogP contribution in [0.4, 0.5) is 0 Å². The molecule has 1 aromatic heterocycles. The van der Waals surface area contributed by atoms with Gasteiger partial charge in [-0.05, 0) is 0 Å². The van der Waals surface area contributed by atoms with Crippen LogP contribution in [0.2, 0.25) is 5.02 Å². The molecule has 8 heteroatoms. The molecule has 1 saturated heterocycles. The maximum atomic E-state index is 12.5. The molecule has 0 aromatic carbocycles. The van der Waals surface area contributed by atoms with E-state index in [4.69, 9.17) is 16.3 Å². The van der Waals surface area contributed by atoms with Gasteiger partial charge in [0.1, 0.15) is 5.82 Å². The second-order valence-electron chi connectivity index (χ2n) is 5.01. The number of nitrogens with zero attached hydrogens (tertiary/aromatic N) is 3. The standard InChI is InChI=1S/C13H16ClN3O4/c1-7(2)11-15-5-8(14)10(16-11)12(18)17-3-4-21-6-9(17)13(19)20/h5,7,9H,3-4,6H2,1-2H3,(H,19,20)/t9-/m1/s1. The van der Waals surface area contributed by atoms with Gasteiger partial charge in [0.25, 0.3) is 5.91 Å². The second-order valence-corrected chi connectivity index (χ2v) is 5.41. The van der Waals surface area contributed by atoms with Crippen molar-refractivity contribution in [3.05, 3.63) is 22.7 Å². The molecule has 0 spiro atoms. The van der Waals surface area contributed by atoms with Crippen molar-refractivity contribution in [2.24, 2.45) is 0 Å². The number of ether oxygens (including phenoxy) is 1. The van der Waals surface area contributed by atoms with Crippen molar-refractivity contribution < 1.29 is 19.4 Å². The Kier molecular flexibility index (Phi) is 4.74. The number of halogens is 1. The molecule has 114 valence electrons. The first-order valence-electron chi connectivity index (χ1n) is 6.55. The van der Waals surface area contributed by atoms with E-state index in [1.807, 2.05) is 13.8 Å². The Morgan fingerprint density at radius 3 is 2.86 bits per heavy atom. The van der Waals surface area contributed by atoms with Crippen molar-refractivity contribution in [2.45, 2.75) is 25.8 Å². The van der Waals surface area contributed by atoms with Crippen molar-refractivity contribution in [1.82, 2.24) is 14.9 Å². The van der Waals surface area contributed by atoms with Gasteiger partial charge in [0.05, 0.1) is 24.4 Å². The van der Waals surface area contributed by atoms with Gasteiger partial charge < -0.3 is 14.7 Å². The highest BCUT2D eigenvalue weighted by atomic mass is 35.5. The summed E-state index contributed by atoms with van der Waals surface area (Å²) < 4.78 is 5.11. The molecule has 21 heavy (non-hydrogen) atoms. The van der Waals surface area contributed by atoms with Crippen molar-refractivity contribution in [3.8, 4) is 0 Å². The quantitative estimate of drug-likeness (QED) is 0.900. The number of aromatic nitrogens is 2. The van der Waals surface area contributed by atoms with Crippen molar-refractivity contribution in [3.63, 3.8) is 0 Å². The molecular formula is C13H16ClN3O4. The van der Waals surface area contributed by atoms with E-state index in [0.29, 0.717) is 5.82 Å². The summed E-state index contributed by atoms with van der Waals surface area (Å²) in [6, 6.07) is -1.03. The van der Waals surface area contributed by atoms with E-state index < -0.39 is 17.9 Å². The van der Waals surface area contributed by atoms with Crippen LogP contribution >= 0.6 is 11.6 Å². The fourth-order valence-corrected chi connectivity index (χ4v) is 2.17. The molecule has 1 amide bonds. The first kappa shape index (κ1) is 15.7. The molecule has 0 aliphatic carbocycles. The highest BCUT2D eigenvalue weighted by Gasteiger charge is 2.34. The van der Waals surface area contributed by atoms with Gasteiger partial charge in [-0.1, -0.05) is 25.4 Å². The van der Waals surface area contributed by atoms with Crippen LogP contribution in [0.3, 0.4) is 0 Å². The average Bonchev–Trinajstić information content (AvgIpc) is 2.46. The predicted molar refractivity (Wildman–Crippen MR) is 74.4 cm³/mol. The van der Waals surface area contributed by atoms with E-state index in [9.17, 15) is 14.7 Å². The Balaban J connectivity index is 2.34. The number of morpholine rings is 1. The zero-order valence-electron chi connectivity index (χ0n) is 11.7. The minimum Gasteiger partial charge on any atom is -0.480 e. The number of carbonyl (C=O) groups excluding carboxylic acids is 1. The zero-order chi connectivity index (χ0) is 15.6. The molecule has 1 aromatic rings. The summed E-state index contributed by atoms with van der Waals surface area (Å²) in [5.41, 5.74) is 0.0310. The van der Waals surface area contributed by atoms with Crippen molar-refractivity contribution in [1.29, 1.82) is 0 Å². The van der Waals surface area contributed by atoms with E-state index in [2.05, 4.69) is 9.97 Å². The molecule has 1 aliphatic heterocycles. The summed E-state index contributed by atoms with van der Waals surface area (Å²) in [6.07, 6.45) is 1.37. The van der Waals surface area contributed by atoms with Gasteiger partial charge in [-0.25, -0.2) is 14.8 Å². The van der Waals surface area contributed by atoms with Crippen LogP contribution in [0.25, 0.3) is 0 Å². The van der Waals surface area contributed by atoms with E-state index >= 15 is 0 Å². The molecule has 0 unspecified atom stereocenters. The average molecular weight is 314 g/mol. The lowest BCUT2D eigenvalue weighted by Crippen LogP contribution is -2.52. The monoisotopic (exact) mass is 313 g/mol. The molecule has 1 aliphatic rings. The normalized spacial score (nSPS) is 18.9. The van der Waals surface area contributed by atoms with Crippen LogP contribution < -0.4 is 0 Å². The Labute approximate surface area is 126 Å². The Morgan fingerprint density at radius 2 is 2.24 bits per heavy atom. The molecule has 0 saturated carbocycles. The van der Waals surface area contributed by atoms with E-state index in [1.54, 1.807) is 0 Å². The zero-order valence-corrected chi connectivity index (χ0v) is 12.5. The third-order valence-corrected chi connectivity index (χ3v) is 3.43. The number of hydrogen-bond acceptors (Lipinski definition) is 5. The summed E-state index contributed by atoms with van der Waals surface area (Å²) in [6.45, 7) is 4.22. The third-order valence-electron chi connectivity index (χ3n) is 3.16. The Hall–Kier alpha value is -1.73. The van der Waals surface area contributed by atoms with Gasteiger partial charge in [-0.3, -0.25) is 4.79 Å². The predicted octanol–water partition coefficient (Wildman–Crippen LogP) is 1.18. The number of amides is 1. The van der Waals surface area contributed by atoms with E-state index in [0.717, 1.165) is 0 Å². The molecule has 7 nitrogen and oxygen atoms in total. The lowest BCUT2D eigenvalue weighted by atomic mass is 10.2.